The minimum Gasteiger partial charge on any atom is -0.491 e. The number of aromatic nitrogens is 3. The fourth-order valence-electron chi connectivity index (χ4n) is 1.74. The summed E-state index contributed by atoms with van der Waals surface area (Å²) in [5.74, 6) is 0.909. The van der Waals surface area contributed by atoms with Gasteiger partial charge in [-0.05, 0) is 25.0 Å². The van der Waals surface area contributed by atoms with Crippen molar-refractivity contribution < 1.29 is 4.74 Å². The highest BCUT2D eigenvalue weighted by atomic mass is 35.5. The summed E-state index contributed by atoms with van der Waals surface area (Å²) < 4.78 is 7.48. The average Bonchev–Trinajstić information content (AvgIpc) is 2.89. The minimum atomic E-state index is -0.0639. The number of aryl methyl sites for hydroxylation is 1. The van der Waals surface area contributed by atoms with Crippen molar-refractivity contribution in [2.24, 2.45) is 0 Å². The van der Waals surface area contributed by atoms with Crippen molar-refractivity contribution in [1.29, 1.82) is 0 Å². The smallest absolute Gasteiger partial charge is 0.122 e. The monoisotopic (exact) mass is 279 g/mol. The summed E-state index contributed by atoms with van der Waals surface area (Å²) >= 11 is 6.11. The van der Waals surface area contributed by atoms with E-state index in [4.69, 9.17) is 16.3 Å². The standard InChI is InChI=1S/C14H18ClN3O/c1-3-12(15)13-10-18(17-16-13)8-9-19-14-7-5-4-6-11(14)2/h4-7,10,12H,3,8-9H2,1-2H3. The van der Waals surface area contributed by atoms with Gasteiger partial charge in [0.2, 0.25) is 0 Å². The van der Waals surface area contributed by atoms with E-state index in [-0.39, 0.29) is 5.38 Å². The molecule has 0 spiro atoms. The molecule has 1 heterocycles. The lowest BCUT2D eigenvalue weighted by atomic mass is 10.2. The molecule has 0 saturated carbocycles. The average molecular weight is 280 g/mol. The first-order chi connectivity index (χ1) is 9.20. The van der Waals surface area contributed by atoms with Crippen molar-refractivity contribution in [2.75, 3.05) is 6.61 Å². The lowest BCUT2D eigenvalue weighted by Crippen LogP contribution is -2.09. The normalized spacial score (nSPS) is 12.4. The summed E-state index contributed by atoms with van der Waals surface area (Å²) in [6.07, 6.45) is 2.72. The first kappa shape index (κ1) is 13.9. The SMILES string of the molecule is CCC(Cl)c1cn(CCOc2ccccc2C)nn1. The van der Waals surface area contributed by atoms with Crippen molar-refractivity contribution in [2.45, 2.75) is 32.2 Å². The van der Waals surface area contributed by atoms with Gasteiger partial charge in [0, 0.05) is 0 Å². The molecule has 0 amide bonds. The molecule has 0 aliphatic carbocycles. The number of alkyl halides is 1. The van der Waals surface area contributed by atoms with Gasteiger partial charge in [-0.2, -0.15) is 0 Å². The molecule has 1 atom stereocenters. The molecule has 0 radical (unpaired) electrons. The van der Waals surface area contributed by atoms with Gasteiger partial charge in [0.15, 0.2) is 0 Å². The van der Waals surface area contributed by atoms with Crippen LogP contribution in [0.4, 0.5) is 0 Å². The second kappa shape index (κ2) is 6.57. The lowest BCUT2D eigenvalue weighted by molar-refractivity contribution is 0.288. The zero-order chi connectivity index (χ0) is 13.7. The van der Waals surface area contributed by atoms with Gasteiger partial charge in [-0.3, -0.25) is 0 Å². The summed E-state index contributed by atoms with van der Waals surface area (Å²) in [5.41, 5.74) is 1.95. The molecule has 0 aliphatic heterocycles. The van der Waals surface area contributed by atoms with Gasteiger partial charge in [-0.25, -0.2) is 4.68 Å². The van der Waals surface area contributed by atoms with Crippen molar-refractivity contribution in [3.8, 4) is 5.75 Å². The van der Waals surface area contributed by atoms with Crippen LogP contribution in [0, 0.1) is 6.92 Å². The van der Waals surface area contributed by atoms with Crippen molar-refractivity contribution in [3.05, 3.63) is 41.7 Å². The van der Waals surface area contributed by atoms with Crippen molar-refractivity contribution >= 4 is 11.6 Å². The number of rotatable bonds is 6. The second-order valence-corrected chi connectivity index (χ2v) is 4.92. The zero-order valence-corrected chi connectivity index (χ0v) is 12.0. The Kier molecular flexibility index (Phi) is 4.80. The summed E-state index contributed by atoms with van der Waals surface area (Å²) in [5, 5.41) is 8.03. The van der Waals surface area contributed by atoms with E-state index < -0.39 is 0 Å². The maximum absolute atomic E-state index is 6.11. The summed E-state index contributed by atoms with van der Waals surface area (Å²) in [6, 6.07) is 7.96. The van der Waals surface area contributed by atoms with Gasteiger partial charge < -0.3 is 4.74 Å². The van der Waals surface area contributed by atoms with E-state index in [9.17, 15) is 0 Å². The number of nitrogens with zero attached hydrogens (tertiary/aromatic N) is 3. The Morgan fingerprint density at radius 2 is 2.16 bits per heavy atom. The van der Waals surface area contributed by atoms with Crippen LogP contribution < -0.4 is 4.74 Å². The van der Waals surface area contributed by atoms with Gasteiger partial charge in [0.05, 0.1) is 18.1 Å². The summed E-state index contributed by atoms with van der Waals surface area (Å²) in [6.45, 7) is 5.28. The molecular weight excluding hydrogens is 262 g/mol. The Morgan fingerprint density at radius 1 is 1.37 bits per heavy atom. The molecule has 1 unspecified atom stereocenters. The molecule has 19 heavy (non-hydrogen) atoms. The van der Waals surface area contributed by atoms with Crippen LogP contribution in [0.1, 0.15) is 30.0 Å². The highest BCUT2D eigenvalue weighted by Crippen LogP contribution is 2.20. The second-order valence-electron chi connectivity index (χ2n) is 4.40. The van der Waals surface area contributed by atoms with Gasteiger partial charge >= 0.3 is 0 Å². The molecule has 1 aromatic heterocycles. The van der Waals surface area contributed by atoms with E-state index in [2.05, 4.69) is 10.3 Å². The number of halogens is 1. The van der Waals surface area contributed by atoms with Crippen LogP contribution in [0.15, 0.2) is 30.5 Å². The van der Waals surface area contributed by atoms with Crippen LogP contribution >= 0.6 is 11.6 Å². The molecule has 2 rings (SSSR count). The molecule has 5 heteroatoms. The maximum Gasteiger partial charge on any atom is 0.122 e. The summed E-state index contributed by atoms with van der Waals surface area (Å²) in [4.78, 5) is 0. The number of hydrogen-bond acceptors (Lipinski definition) is 3. The van der Waals surface area contributed by atoms with E-state index in [0.29, 0.717) is 13.2 Å². The molecule has 102 valence electrons. The van der Waals surface area contributed by atoms with Crippen LogP contribution in [0.2, 0.25) is 0 Å². The van der Waals surface area contributed by atoms with Crippen LogP contribution in [-0.2, 0) is 6.54 Å². The highest BCUT2D eigenvalue weighted by molar-refractivity contribution is 6.20. The number of hydrogen-bond donors (Lipinski definition) is 0. The first-order valence-electron chi connectivity index (χ1n) is 6.43. The van der Waals surface area contributed by atoms with Crippen molar-refractivity contribution in [1.82, 2.24) is 15.0 Å². The third kappa shape index (κ3) is 3.70. The minimum absolute atomic E-state index is 0.0639. The Bertz CT molecular complexity index is 527. The van der Waals surface area contributed by atoms with E-state index in [0.717, 1.165) is 23.4 Å². The highest BCUT2D eigenvalue weighted by Gasteiger charge is 2.09. The third-order valence-corrected chi connectivity index (χ3v) is 3.44. The molecule has 4 nitrogen and oxygen atoms in total. The quantitative estimate of drug-likeness (QED) is 0.761. The van der Waals surface area contributed by atoms with Gasteiger partial charge in [-0.1, -0.05) is 30.3 Å². The topological polar surface area (TPSA) is 39.9 Å². The molecule has 0 fully saturated rings. The molecule has 0 aliphatic rings. The molecule has 2 aromatic rings. The predicted molar refractivity (Wildman–Crippen MR) is 75.6 cm³/mol. The predicted octanol–water partition coefficient (Wildman–Crippen LogP) is 3.36. The third-order valence-electron chi connectivity index (χ3n) is 2.91. The Morgan fingerprint density at radius 3 is 2.89 bits per heavy atom. The first-order valence-corrected chi connectivity index (χ1v) is 6.87. The van der Waals surface area contributed by atoms with Crippen molar-refractivity contribution in [3.63, 3.8) is 0 Å². The number of para-hydroxylation sites is 1. The fraction of sp³-hybridized carbons (Fsp3) is 0.429. The molecule has 0 bridgehead atoms. The largest absolute Gasteiger partial charge is 0.491 e. The van der Waals surface area contributed by atoms with E-state index in [1.54, 1.807) is 4.68 Å². The lowest BCUT2D eigenvalue weighted by Gasteiger charge is -2.08. The van der Waals surface area contributed by atoms with Crippen LogP contribution in [0.5, 0.6) is 5.75 Å². The van der Waals surface area contributed by atoms with Gasteiger partial charge in [0.25, 0.3) is 0 Å². The van der Waals surface area contributed by atoms with Gasteiger partial charge in [-0.15, -0.1) is 16.7 Å². The molecule has 0 N–H and O–H groups in total. The molecule has 1 aromatic carbocycles. The van der Waals surface area contributed by atoms with E-state index in [1.165, 1.54) is 0 Å². The van der Waals surface area contributed by atoms with E-state index >= 15 is 0 Å². The Labute approximate surface area is 118 Å². The van der Waals surface area contributed by atoms with Gasteiger partial charge in [0.1, 0.15) is 18.1 Å². The summed E-state index contributed by atoms with van der Waals surface area (Å²) in [7, 11) is 0. The van der Waals surface area contributed by atoms with Crippen LogP contribution in [-0.4, -0.2) is 21.6 Å². The number of benzene rings is 1. The Hall–Kier alpha value is -1.55. The van der Waals surface area contributed by atoms with E-state index in [1.807, 2.05) is 44.3 Å². The van der Waals surface area contributed by atoms with Crippen LogP contribution in [0.3, 0.4) is 0 Å². The number of ether oxygens (including phenoxy) is 1. The Balaban J connectivity index is 1.86. The molecule has 0 saturated heterocycles. The van der Waals surface area contributed by atoms with Crippen LogP contribution in [0.25, 0.3) is 0 Å². The molecular formula is C14H18ClN3O. The fourth-order valence-corrected chi connectivity index (χ4v) is 1.84. The zero-order valence-electron chi connectivity index (χ0n) is 11.2. The maximum atomic E-state index is 6.11.